The number of thiophene rings is 1. The normalized spacial score (nSPS) is 10.5. The Kier molecular flexibility index (Phi) is 2.73. The number of aryl methyl sites for hydroxylation is 1. The Morgan fingerprint density at radius 2 is 2.40 bits per heavy atom. The summed E-state index contributed by atoms with van der Waals surface area (Å²) >= 11 is 1.48. The number of benzene rings is 1. The minimum absolute atomic E-state index is 0.226. The minimum atomic E-state index is -0.226. The van der Waals surface area contributed by atoms with Crippen molar-refractivity contribution in [2.24, 2.45) is 0 Å². The minimum Gasteiger partial charge on any atom is -0.462 e. The number of fused-ring (bicyclic) bond motifs is 1. The Bertz CT molecular complexity index is 499. The van der Waals surface area contributed by atoms with Gasteiger partial charge >= 0.3 is 5.97 Å². The van der Waals surface area contributed by atoms with Gasteiger partial charge in [0.15, 0.2) is 0 Å². The first kappa shape index (κ1) is 10.2. The highest BCUT2D eigenvalue weighted by molar-refractivity contribution is 7.21. The van der Waals surface area contributed by atoms with Crippen molar-refractivity contribution in [2.45, 2.75) is 13.8 Å². The van der Waals surface area contributed by atoms with Gasteiger partial charge in [-0.3, -0.25) is 0 Å². The number of hydrogen-bond donors (Lipinski definition) is 0. The van der Waals surface area contributed by atoms with Crippen LogP contribution in [-0.4, -0.2) is 12.6 Å². The molecule has 1 aromatic heterocycles. The van der Waals surface area contributed by atoms with Crippen molar-refractivity contribution in [3.05, 3.63) is 34.7 Å². The second kappa shape index (κ2) is 4.03. The summed E-state index contributed by atoms with van der Waals surface area (Å²) in [5, 5.41) is 1.09. The first-order valence-corrected chi connectivity index (χ1v) is 5.62. The molecule has 0 aliphatic carbocycles. The molecule has 0 fully saturated rings. The highest BCUT2D eigenvalue weighted by Gasteiger charge is 2.15. The van der Waals surface area contributed by atoms with Crippen molar-refractivity contribution in [1.82, 2.24) is 0 Å². The molecule has 15 heavy (non-hydrogen) atoms. The zero-order valence-electron chi connectivity index (χ0n) is 8.66. The summed E-state index contributed by atoms with van der Waals surface area (Å²) in [5.41, 5.74) is 0.991. The van der Waals surface area contributed by atoms with Crippen molar-refractivity contribution in [3.8, 4) is 0 Å². The molecule has 0 saturated carbocycles. The maximum absolute atomic E-state index is 11.6. The van der Waals surface area contributed by atoms with Gasteiger partial charge in [0.25, 0.3) is 0 Å². The van der Waals surface area contributed by atoms with Gasteiger partial charge in [-0.05, 0) is 43.0 Å². The van der Waals surface area contributed by atoms with E-state index in [0.717, 1.165) is 15.6 Å². The van der Waals surface area contributed by atoms with Gasteiger partial charge in [-0.2, -0.15) is 0 Å². The van der Waals surface area contributed by atoms with E-state index in [1.165, 1.54) is 11.3 Å². The van der Waals surface area contributed by atoms with Crippen LogP contribution in [0.1, 0.15) is 22.2 Å². The third-order valence-corrected chi connectivity index (χ3v) is 3.49. The van der Waals surface area contributed by atoms with Gasteiger partial charge in [0.05, 0.1) is 6.61 Å². The summed E-state index contributed by atoms with van der Waals surface area (Å²) in [5.74, 6) is -0.226. The average molecular weight is 219 g/mol. The highest BCUT2D eigenvalue weighted by Crippen LogP contribution is 2.30. The summed E-state index contributed by atoms with van der Waals surface area (Å²) in [7, 11) is 0. The molecule has 0 amide bonds. The molecule has 1 heterocycles. The molecular formula is C12H11O2S. The fourth-order valence-corrected chi connectivity index (χ4v) is 2.58. The number of rotatable bonds is 2. The lowest BCUT2D eigenvalue weighted by molar-refractivity contribution is 0.0531. The van der Waals surface area contributed by atoms with Crippen LogP contribution in [0.3, 0.4) is 0 Å². The first-order chi connectivity index (χ1) is 7.24. The zero-order chi connectivity index (χ0) is 10.8. The van der Waals surface area contributed by atoms with Crippen LogP contribution in [0.5, 0.6) is 0 Å². The van der Waals surface area contributed by atoms with Crippen LogP contribution in [0, 0.1) is 13.0 Å². The maximum Gasteiger partial charge on any atom is 0.348 e. The standard InChI is InChI=1S/C12H11O2S/c1-3-14-12(13)11-8(2)9-6-4-5-7-10(9)15-11/h5-7H,3H2,1-2H3. The monoisotopic (exact) mass is 219 g/mol. The molecule has 0 spiro atoms. The molecule has 0 unspecified atom stereocenters. The predicted molar refractivity (Wildman–Crippen MR) is 61.4 cm³/mol. The van der Waals surface area contributed by atoms with E-state index in [9.17, 15) is 4.79 Å². The summed E-state index contributed by atoms with van der Waals surface area (Å²) in [6.07, 6.45) is 0. The summed E-state index contributed by atoms with van der Waals surface area (Å²) < 4.78 is 6.11. The third-order valence-electron chi connectivity index (χ3n) is 2.24. The second-order valence-corrected chi connectivity index (χ2v) is 4.25. The summed E-state index contributed by atoms with van der Waals surface area (Å²) in [6, 6.07) is 8.74. The molecule has 2 rings (SSSR count). The van der Waals surface area contributed by atoms with Gasteiger partial charge in [-0.15, -0.1) is 11.3 Å². The van der Waals surface area contributed by atoms with Crippen molar-refractivity contribution in [2.75, 3.05) is 6.61 Å². The van der Waals surface area contributed by atoms with Gasteiger partial charge in [0.2, 0.25) is 0 Å². The van der Waals surface area contributed by atoms with Crippen LogP contribution in [0.15, 0.2) is 18.2 Å². The fraction of sp³-hybridized carbons (Fsp3) is 0.250. The second-order valence-electron chi connectivity index (χ2n) is 3.20. The molecule has 77 valence electrons. The van der Waals surface area contributed by atoms with E-state index >= 15 is 0 Å². The molecule has 1 aromatic carbocycles. The molecular weight excluding hydrogens is 208 g/mol. The van der Waals surface area contributed by atoms with Crippen LogP contribution < -0.4 is 0 Å². The van der Waals surface area contributed by atoms with Gasteiger partial charge in [-0.25, -0.2) is 4.79 Å². The number of hydrogen-bond acceptors (Lipinski definition) is 3. The number of carbonyl (C=O) groups excluding carboxylic acids is 1. The highest BCUT2D eigenvalue weighted by atomic mass is 32.1. The van der Waals surface area contributed by atoms with Crippen LogP contribution in [0.2, 0.25) is 0 Å². The van der Waals surface area contributed by atoms with Crippen LogP contribution in [0.25, 0.3) is 10.1 Å². The van der Waals surface area contributed by atoms with Crippen LogP contribution in [0.4, 0.5) is 0 Å². The topological polar surface area (TPSA) is 26.3 Å². The predicted octanol–water partition coefficient (Wildman–Crippen LogP) is 3.19. The molecule has 1 radical (unpaired) electrons. The largest absolute Gasteiger partial charge is 0.462 e. The number of esters is 1. The fourth-order valence-electron chi connectivity index (χ4n) is 1.50. The quantitative estimate of drug-likeness (QED) is 0.725. The average Bonchev–Trinajstić information content (AvgIpc) is 2.57. The van der Waals surface area contributed by atoms with Crippen molar-refractivity contribution in [1.29, 1.82) is 0 Å². The van der Waals surface area contributed by atoms with Crippen molar-refractivity contribution in [3.63, 3.8) is 0 Å². The van der Waals surface area contributed by atoms with Crippen molar-refractivity contribution >= 4 is 27.4 Å². The van der Waals surface area contributed by atoms with Gasteiger partial charge in [0.1, 0.15) is 4.88 Å². The van der Waals surface area contributed by atoms with E-state index in [1.807, 2.05) is 32.0 Å². The molecule has 0 atom stereocenters. The molecule has 0 N–H and O–H groups in total. The Hall–Kier alpha value is -1.35. The molecule has 0 saturated heterocycles. The van der Waals surface area contributed by atoms with E-state index in [-0.39, 0.29) is 5.97 Å². The van der Waals surface area contributed by atoms with Crippen LogP contribution >= 0.6 is 11.3 Å². The molecule has 0 bridgehead atoms. The lowest BCUT2D eigenvalue weighted by Gasteiger charge is -1.98. The number of carbonyl (C=O) groups is 1. The number of ether oxygens (including phenoxy) is 1. The molecule has 2 nitrogen and oxygen atoms in total. The maximum atomic E-state index is 11.6. The molecule has 0 aliphatic heterocycles. The van der Waals surface area contributed by atoms with Gasteiger partial charge in [0, 0.05) is 4.70 Å². The van der Waals surface area contributed by atoms with Crippen molar-refractivity contribution < 1.29 is 9.53 Å². The van der Waals surface area contributed by atoms with Gasteiger partial charge in [-0.1, -0.05) is 6.07 Å². The molecule has 3 heteroatoms. The van der Waals surface area contributed by atoms with Gasteiger partial charge < -0.3 is 4.74 Å². The Balaban J connectivity index is 2.53. The van der Waals surface area contributed by atoms with E-state index in [4.69, 9.17) is 4.74 Å². The Morgan fingerprint density at radius 1 is 1.60 bits per heavy atom. The van der Waals surface area contributed by atoms with E-state index in [1.54, 1.807) is 0 Å². The SMILES string of the molecule is CCOC(=O)c1sc2cc[c]cc2c1C. The third kappa shape index (κ3) is 1.75. The Morgan fingerprint density at radius 3 is 3.07 bits per heavy atom. The zero-order valence-corrected chi connectivity index (χ0v) is 9.48. The van der Waals surface area contributed by atoms with Crippen LogP contribution in [-0.2, 0) is 4.74 Å². The smallest absolute Gasteiger partial charge is 0.348 e. The van der Waals surface area contributed by atoms with E-state index < -0.39 is 0 Å². The lowest BCUT2D eigenvalue weighted by atomic mass is 10.1. The summed E-state index contributed by atoms with van der Waals surface area (Å²) in [6.45, 7) is 4.17. The Labute approximate surface area is 92.5 Å². The molecule has 2 aromatic rings. The molecule has 0 aliphatic rings. The van der Waals surface area contributed by atoms with E-state index in [2.05, 4.69) is 6.07 Å². The summed E-state index contributed by atoms with van der Waals surface area (Å²) in [4.78, 5) is 12.3. The first-order valence-electron chi connectivity index (χ1n) is 4.80. The van der Waals surface area contributed by atoms with E-state index in [0.29, 0.717) is 11.5 Å². The lowest BCUT2D eigenvalue weighted by Crippen LogP contribution is -2.03.